The molecule has 0 aromatic heterocycles. The molecule has 0 bridgehead atoms. The largest absolute Gasteiger partial charge is 0.454 e. The molecule has 0 amide bonds. The number of fused-ring (bicyclic) bond motifs is 1. The third-order valence-electron chi connectivity index (χ3n) is 4.66. The van der Waals surface area contributed by atoms with E-state index in [4.69, 9.17) is 4.74 Å². The number of ether oxygens (including phenoxy) is 1. The minimum absolute atomic E-state index is 0.206. The second kappa shape index (κ2) is 6.75. The summed E-state index contributed by atoms with van der Waals surface area (Å²) in [5.41, 5.74) is 2.94. The molecule has 0 unspecified atom stereocenters. The molecule has 1 heterocycles. The molecule has 1 aliphatic rings. The lowest BCUT2D eigenvalue weighted by molar-refractivity contribution is -0.117. The van der Waals surface area contributed by atoms with Gasteiger partial charge in [-0.1, -0.05) is 32.0 Å². The molecule has 2 aromatic carbocycles. The predicted molar refractivity (Wildman–Crippen MR) is 97.6 cm³/mol. The zero-order valence-electron chi connectivity index (χ0n) is 15.0. The maximum atomic E-state index is 12.9. The molecule has 2 aromatic rings. The van der Waals surface area contributed by atoms with E-state index in [1.807, 2.05) is 36.2 Å². The number of allylic oxidation sites excluding steroid dienone is 1. The third kappa shape index (κ3) is 3.25. The molecule has 26 heavy (non-hydrogen) atoms. The van der Waals surface area contributed by atoms with Crippen LogP contribution >= 0.6 is 0 Å². The second-order valence-corrected chi connectivity index (χ2v) is 6.78. The van der Waals surface area contributed by atoms with Crippen LogP contribution in [0.5, 0.6) is 0 Å². The topological polar surface area (TPSA) is 46.6 Å². The highest BCUT2D eigenvalue weighted by Crippen LogP contribution is 2.46. The van der Waals surface area contributed by atoms with Crippen LogP contribution in [-0.2, 0) is 14.9 Å². The van der Waals surface area contributed by atoms with Gasteiger partial charge in [-0.05, 0) is 35.9 Å². The number of likely N-dealkylation sites (N-methyl/N-ethyl adjacent to an activating group) is 1. The summed E-state index contributed by atoms with van der Waals surface area (Å²) in [5.74, 6) is -1.39. The summed E-state index contributed by atoms with van der Waals surface area (Å²) in [5, 5.41) is 0. The molecule has 4 nitrogen and oxygen atoms in total. The van der Waals surface area contributed by atoms with Gasteiger partial charge < -0.3 is 9.64 Å². The summed E-state index contributed by atoms with van der Waals surface area (Å²) >= 11 is 0. The van der Waals surface area contributed by atoms with Gasteiger partial charge in [-0.3, -0.25) is 4.79 Å². The molecule has 1 aliphatic heterocycles. The van der Waals surface area contributed by atoms with Crippen LogP contribution in [-0.4, -0.2) is 25.4 Å². The number of carbonyl (C=O) groups excluding carboxylic acids is 2. The molecule has 0 saturated carbocycles. The van der Waals surface area contributed by atoms with Crippen molar-refractivity contribution < 1.29 is 18.7 Å². The van der Waals surface area contributed by atoms with E-state index >= 15 is 0 Å². The average molecular weight is 353 g/mol. The Hall–Kier alpha value is -2.95. The van der Waals surface area contributed by atoms with Gasteiger partial charge >= 0.3 is 5.97 Å². The fraction of sp³-hybridized carbons (Fsp3) is 0.238. The van der Waals surface area contributed by atoms with Crippen LogP contribution < -0.4 is 4.90 Å². The molecule has 0 radical (unpaired) electrons. The number of rotatable bonds is 4. The third-order valence-corrected chi connectivity index (χ3v) is 4.66. The Morgan fingerprint density at radius 2 is 1.77 bits per heavy atom. The minimum atomic E-state index is -0.654. The fourth-order valence-corrected chi connectivity index (χ4v) is 3.26. The summed E-state index contributed by atoms with van der Waals surface area (Å²) in [6, 6.07) is 13.0. The Labute approximate surface area is 151 Å². The lowest BCUT2D eigenvalue weighted by atomic mass is 9.83. The van der Waals surface area contributed by atoms with E-state index in [1.165, 1.54) is 30.3 Å². The number of esters is 1. The quantitative estimate of drug-likeness (QED) is 0.618. The summed E-state index contributed by atoms with van der Waals surface area (Å²) < 4.78 is 17.9. The van der Waals surface area contributed by atoms with Crippen LogP contribution in [0.15, 0.2) is 60.3 Å². The van der Waals surface area contributed by atoms with Crippen molar-refractivity contribution in [3.05, 3.63) is 77.2 Å². The monoisotopic (exact) mass is 353 g/mol. The smallest absolute Gasteiger partial charge is 0.338 e. The van der Waals surface area contributed by atoms with Crippen LogP contribution in [0.3, 0.4) is 0 Å². The van der Waals surface area contributed by atoms with E-state index in [0.29, 0.717) is 0 Å². The first-order chi connectivity index (χ1) is 12.3. The maximum Gasteiger partial charge on any atom is 0.338 e. The van der Waals surface area contributed by atoms with Crippen molar-refractivity contribution in [3.63, 3.8) is 0 Å². The zero-order chi connectivity index (χ0) is 18.9. The highest BCUT2D eigenvalue weighted by molar-refractivity contribution is 5.96. The second-order valence-electron chi connectivity index (χ2n) is 6.78. The minimum Gasteiger partial charge on any atom is -0.454 e. The van der Waals surface area contributed by atoms with Crippen molar-refractivity contribution in [3.8, 4) is 0 Å². The number of carbonyl (C=O) groups is 2. The molecule has 0 aliphatic carbocycles. The first-order valence-electron chi connectivity index (χ1n) is 8.31. The van der Waals surface area contributed by atoms with Crippen LogP contribution in [0.1, 0.15) is 29.8 Å². The van der Waals surface area contributed by atoms with Crippen molar-refractivity contribution in [2.75, 3.05) is 18.6 Å². The van der Waals surface area contributed by atoms with Crippen molar-refractivity contribution in [1.29, 1.82) is 0 Å². The van der Waals surface area contributed by atoms with Gasteiger partial charge in [0.05, 0.1) is 5.56 Å². The molecule has 0 fully saturated rings. The summed E-state index contributed by atoms with van der Waals surface area (Å²) in [6.45, 7) is 3.75. The van der Waals surface area contributed by atoms with E-state index in [0.717, 1.165) is 16.9 Å². The van der Waals surface area contributed by atoms with Crippen LogP contribution in [0.2, 0.25) is 0 Å². The molecule has 5 heteroatoms. The van der Waals surface area contributed by atoms with E-state index in [2.05, 4.69) is 13.8 Å². The van der Waals surface area contributed by atoms with Crippen molar-refractivity contribution in [2.24, 2.45) is 0 Å². The van der Waals surface area contributed by atoms with Crippen LogP contribution in [0, 0.1) is 5.82 Å². The Morgan fingerprint density at radius 3 is 2.42 bits per heavy atom. The fourth-order valence-electron chi connectivity index (χ4n) is 3.26. The van der Waals surface area contributed by atoms with E-state index in [9.17, 15) is 14.0 Å². The molecular weight excluding hydrogens is 333 g/mol. The van der Waals surface area contributed by atoms with E-state index in [1.54, 1.807) is 0 Å². The number of ketones is 1. The number of anilines is 1. The van der Waals surface area contributed by atoms with Gasteiger partial charge in [0.2, 0.25) is 0 Å². The van der Waals surface area contributed by atoms with Gasteiger partial charge in [-0.2, -0.15) is 0 Å². The standard InChI is InChI=1S/C21H20FNO3/c1-21(2)17-6-4-5-7-18(17)23(3)19(21)12-16(24)13-26-20(25)14-8-10-15(22)11-9-14/h4-12H,13H2,1-3H3. The molecule has 0 spiro atoms. The van der Waals surface area contributed by atoms with Gasteiger partial charge in [-0.25, -0.2) is 9.18 Å². The number of hydrogen-bond acceptors (Lipinski definition) is 4. The number of hydrogen-bond donors (Lipinski definition) is 0. The summed E-state index contributed by atoms with van der Waals surface area (Å²) in [6.07, 6.45) is 1.53. The highest BCUT2D eigenvalue weighted by Gasteiger charge is 2.38. The highest BCUT2D eigenvalue weighted by atomic mass is 19.1. The molecule has 0 atom stereocenters. The predicted octanol–water partition coefficient (Wildman–Crippen LogP) is 3.86. The number of benzene rings is 2. The van der Waals surface area contributed by atoms with Crippen molar-refractivity contribution in [2.45, 2.75) is 19.3 Å². The molecule has 3 rings (SSSR count). The van der Waals surface area contributed by atoms with Crippen LogP contribution in [0.25, 0.3) is 0 Å². The van der Waals surface area contributed by atoms with Gasteiger partial charge in [-0.15, -0.1) is 0 Å². The molecule has 134 valence electrons. The summed E-state index contributed by atoms with van der Waals surface area (Å²) in [4.78, 5) is 26.3. The normalized spacial score (nSPS) is 16.5. The molecule has 0 N–H and O–H groups in total. The van der Waals surface area contributed by atoms with Gasteiger partial charge in [0.15, 0.2) is 12.4 Å². The lowest BCUT2D eigenvalue weighted by Crippen LogP contribution is -2.25. The Kier molecular flexibility index (Phi) is 4.64. The molecular formula is C21H20FNO3. The summed E-state index contributed by atoms with van der Waals surface area (Å²) in [7, 11) is 1.91. The Bertz CT molecular complexity index is 884. The van der Waals surface area contributed by atoms with Gasteiger partial charge in [0.25, 0.3) is 0 Å². The van der Waals surface area contributed by atoms with Gasteiger partial charge in [0.1, 0.15) is 5.82 Å². The van der Waals surface area contributed by atoms with Crippen LogP contribution in [0.4, 0.5) is 10.1 Å². The van der Waals surface area contributed by atoms with Crippen molar-refractivity contribution >= 4 is 17.4 Å². The average Bonchev–Trinajstić information content (AvgIpc) is 2.81. The van der Waals surface area contributed by atoms with Crippen molar-refractivity contribution in [1.82, 2.24) is 0 Å². The Balaban J connectivity index is 1.71. The maximum absolute atomic E-state index is 12.9. The number of para-hydroxylation sites is 1. The SMILES string of the molecule is CN1C(=CC(=O)COC(=O)c2ccc(F)cc2)C(C)(C)c2ccccc21. The molecule has 0 saturated heterocycles. The lowest BCUT2D eigenvalue weighted by Gasteiger charge is -2.23. The first-order valence-corrected chi connectivity index (χ1v) is 8.31. The number of nitrogens with zero attached hydrogens (tertiary/aromatic N) is 1. The Morgan fingerprint density at radius 1 is 1.12 bits per heavy atom. The van der Waals surface area contributed by atoms with Gasteiger partial charge in [0, 0.05) is 29.9 Å². The van der Waals surface area contributed by atoms with E-state index in [-0.39, 0.29) is 23.4 Å². The van der Waals surface area contributed by atoms with E-state index < -0.39 is 11.8 Å². The zero-order valence-corrected chi connectivity index (χ0v) is 15.0. The first kappa shape index (κ1) is 17.9. The number of halogens is 1.